The fourth-order valence-corrected chi connectivity index (χ4v) is 0.125. The molecule has 0 amide bonds. The first kappa shape index (κ1) is 5.96. The molecule has 0 radical (unpaired) electrons. The van der Waals surface area contributed by atoms with E-state index in [-0.39, 0.29) is 0 Å². The van der Waals surface area contributed by atoms with E-state index in [1.807, 2.05) is 0 Å². The summed E-state index contributed by atoms with van der Waals surface area (Å²) in [5, 5.41) is 0. The van der Waals surface area contributed by atoms with Crippen LogP contribution in [0.3, 0.4) is 0 Å². The van der Waals surface area contributed by atoms with Crippen LogP contribution in [0, 0.1) is 13.8 Å². The third-order valence-corrected chi connectivity index (χ3v) is 0.966. The number of thiocarbonyl (C=S) groups is 1. The third kappa shape index (κ3) is 2.21. The lowest BCUT2D eigenvalue weighted by molar-refractivity contribution is 1.40. The molecule has 0 aliphatic heterocycles. The van der Waals surface area contributed by atoms with Gasteiger partial charge in [0.15, 0.2) is 0 Å². The molecule has 0 nitrogen and oxygen atoms in total. The first-order chi connectivity index (χ1) is 2.81. The van der Waals surface area contributed by atoms with Gasteiger partial charge in [0.2, 0.25) is 0 Å². The van der Waals surface area contributed by atoms with Crippen LogP contribution in [0.1, 0.15) is 12.8 Å². The summed E-state index contributed by atoms with van der Waals surface area (Å²) in [5.74, 6) is 0. The standard InChI is InChI=1S/C5H8S/c1-3-5(6)4-2/h1-4H2. The Hall–Kier alpha value is -0.0400. The fourth-order valence-electron chi connectivity index (χ4n) is 0.125. The maximum atomic E-state index is 4.73. The first-order valence-electron chi connectivity index (χ1n) is 1.91. The van der Waals surface area contributed by atoms with Crippen LogP contribution >= 0.6 is 12.2 Å². The van der Waals surface area contributed by atoms with Gasteiger partial charge in [-0.15, -0.1) is 6.42 Å². The molecule has 1 heteroatoms. The highest BCUT2D eigenvalue weighted by Gasteiger charge is 1.82. The highest BCUT2D eigenvalue weighted by molar-refractivity contribution is 7.80. The van der Waals surface area contributed by atoms with Crippen molar-refractivity contribution in [2.75, 3.05) is 0 Å². The SMILES string of the molecule is [CH2+]CC(=S)C[CH2-]. The van der Waals surface area contributed by atoms with E-state index in [4.69, 9.17) is 12.2 Å². The molecule has 34 valence electrons. The van der Waals surface area contributed by atoms with Gasteiger partial charge in [-0.2, -0.15) is 0 Å². The average molecular weight is 100 g/mol. The summed E-state index contributed by atoms with van der Waals surface area (Å²) in [6.45, 7) is 7.15. The minimum atomic E-state index is 0.749. The maximum absolute atomic E-state index is 4.73. The van der Waals surface area contributed by atoms with Crippen LogP contribution in [0.2, 0.25) is 0 Å². The van der Waals surface area contributed by atoms with Crippen LogP contribution in [0.25, 0.3) is 0 Å². The molecule has 0 aromatic rings. The summed E-state index contributed by atoms with van der Waals surface area (Å²) in [7, 11) is 0. The molecule has 0 saturated carbocycles. The van der Waals surface area contributed by atoms with Gasteiger partial charge in [-0.3, -0.25) is 0 Å². The van der Waals surface area contributed by atoms with Crippen molar-refractivity contribution in [3.8, 4) is 0 Å². The Morgan fingerprint density at radius 2 is 2.33 bits per heavy atom. The summed E-state index contributed by atoms with van der Waals surface area (Å²) in [6.07, 6.45) is 1.50. The van der Waals surface area contributed by atoms with Gasteiger partial charge in [-0.05, 0) is 0 Å². The van der Waals surface area contributed by atoms with Gasteiger partial charge in [-0.25, -0.2) is 0 Å². The normalized spacial score (nSPS) is 8.17. The monoisotopic (exact) mass is 100 g/mol. The van der Waals surface area contributed by atoms with E-state index in [0.717, 1.165) is 17.7 Å². The number of hydrogen-bond donors (Lipinski definition) is 0. The van der Waals surface area contributed by atoms with E-state index in [9.17, 15) is 0 Å². The van der Waals surface area contributed by atoms with E-state index in [2.05, 4.69) is 13.8 Å². The zero-order valence-corrected chi connectivity index (χ0v) is 4.55. The highest BCUT2D eigenvalue weighted by Crippen LogP contribution is 1.87. The molecule has 0 heterocycles. The first-order valence-corrected chi connectivity index (χ1v) is 2.32. The zero-order valence-electron chi connectivity index (χ0n) is 3.74. The Balaban J connectivity index is 2.99. The molecule has 0 aromatic carbocycles. The van der Waals surface area contributed by atoms with Crippen molar-refractivity contribution in [2.45, 2.75) is 12.8 Å². The quantitative estimate of drug-likeness (QED) is 0.376. The predicted molar refractivity (Wildman–Crippen MR) is 32.5 cm³/mol. The maximum Gasteiger partial charge on any atom is 0.114 e. The van der Waals surface area contributed by atoms with E-state index in [1.54, 1.807) is 0 Å². The molecular formula is C5H8S. The molecule has 0 spiro atoms. The van der Waals surface area contributed by atoms with Crippen LogP contribution < -0.4 is 0 Å². The summed E-state index contributed by atoms with van der Waals surface area (Å²) >= 11 is 4.73. The fraction of sp³-hybridized carbons (Fsp3) is 0.400. The van der Waals surface area contributed by atoms with Gasteiger partial charge in [0.05, 0.1) is 6.92 Å². The summed E-state index contributed by atoms with van der Waals surface area (Å²) in [5.41, 5.74) is 0. The van der Waals surface area contributed by atoms with E-state index in [0.29, 0.717) is 0 Å². The second-order valence-corrected chi connectivity index (χ2v) is 1.62. The van der Waals surface area contributed by atoms with Gasteiger partial charge >= 0.3 is 0 Å². The molecule has 0 aliphatic rings. The lowest BCUT2D eigenvalue weighted by Gasteiger charge is -1.88. The zero-order chi connectivity index (χ0) is 4.99. The molecule has 0 fully saturated rings. The molecule has 0 atom stereocenters. The Kier molecular flexibility index (Phi) is 3.14. The second-order valence-electron chi connectivity index (χ2n) is 1.04. The average Bonchev–Trinajstić information content (AvgIpc) is 1.65. The smallest absolute Gasteiger partial charge is 0.114 e. The predicted octanol–water partition coefficient (Wildman–Crippen LogP) is 1.80. The van der Waals surface area contributed by atoms with Crippen molar-refractivity contribution in [1.29, 1.82) is 0 Å². The molecule has 0 N–H and O–H groups in total. The minimum absolute atomic E-state index is 0.749. The van der Waals surface area contributed by atoms with E-state index < -0.39 is 0 Å². The Labute approximate surface area is 44.6 Å². The molecular weight excluding hydrogens is 92.1 g/mol. The highest BCUT2D eigenvalue weighted by atomic mass is 32.1. The van der Waals surface area contributed by atoms with Crippen molar-refractivity contribution < 1.29 is 0 Å². The van der Waals surface area contributed by atoms with Gasteiger partial charge in [0.1, 0.15) is 6.42 Å². The topological polar surface area (TPSA) is 0 Å². The van der Waals surface area contributed by atoms with Crippen LogP contribution in [0.4, 0.5) is 0 Å². The van der Waals surface area contributed by atoms with Gasteiger partial charge in [0, 0.05) is 4.86 Å². The lowest BCUT2D eigenvalue weighted by atomic mass is 10.3. The molecule has 6 heavy (non-hydrogen) atoms. The Morgan fingerprint density at radius 3 is 2.33 bits per heavy atom. The Bertz CT molecular complexity index is 41.9. The van der Waals surface area contributed by atoms with Gasteiger partial charge < -0.3 is 6.92 Å². The summed E-state index contributed by atoms with van der Waals surface area (Å²) in [4.78, 5) is 0.954. The van der Waals surface area contributed by atoms with Crippen LogP contribution in [-0.4, -0.2) is 4.86 Å². The number of hydrogen-bond acceptors (Lipinski definition) is 1. The van der Waals surface area contributed by atoms with Crippen LogP contribution in [-0.2, 0) is 0 Å². The summed E-state index contributed by atoms with van der Waals surface area (Å²) in [6, 6.07) is 0. The minimum Gasteiger partial charge on any atom is -0.338 e. The summed E-state index contributed by atoms with van der Waals surface area (Å²) < 4.78 is 0. The molecule has 0 bridgehead atoms. The van der Waals surface area contributed by atoms with E-state index >= 15 is 0 Å². The molecule has 0 saturated heterocycles. The number of rotatable bonds is 2. The molecule has 0 rings (SSSR count). The lowest BCUT2D eigenvalue weighted by Crippen LogP contribution is -1.84. The van der Waals surface area contributed by atoms with Crippen molar-refractivity contribution in [3.05, 3.63) is 13.8 Å². The van der Waals surface area contributed by atoms with Crippen LogP contribution in [0.15, 0.2) is 0 Å². The van der Waals surface area contributed by atoms with Crippen LogP contribution in [0.5, 0.6) is 0 Å². The van der Waals surface area contributed by atoms with Crippen molar-refractivity contribution in [2.24, 2.45) is 0 Å². The van der Waals surface area contributed by atoms with Crippen molar-refractivity contribution in [1.82, 2.24) is 0 Å². The largest absolute Gasteiger partial charge is 0.338 e. The molecule has 0 aliphatic carbocycles. The van der Waals surface area contributed by atoms with Crippen molar-refractivity contribution in [3.63, 3.8) is 0 Å². The molecule has 0 unspecified atom stereocenters. The van der Waals surface area contributed by atoms with E-state index in [1.165, 1.54) is 0 Å². The van der Waals surface area contributed by atoms with Gasteiger partial charge in [-0.1, -0.05) is 12.2 Å². The second kappa shape index (κ2) is 3.16. The van der Waals surface area contributed by atoms with Gasteiger partial charge in [0.25, 0.3) is 0 Å². The Morgan fingerprint density at radius 1 is 1.83 bits per heavy atom. The third-order valence-electron chi connectivity index (χ3n) is 0.558. The molecule has 0 aromatic heterocycles. The van der Waals surface area contributed by atoms with Crippen molar-refractivity contribution >= 4 is 17.1 Å².